The van der Waals surface area contributed by atoms with Crippen molar-refractivity contribution >= 4 is 11.8 Å². The third kappa shape index (κ3) is 2.85. The molecule has 0 saturated carbocycles. The van der Waals surface area contributed by atoms with E-state index in [1.165, 1.54) is 10.8 Å². The Morgan fingerprint density at radius 1 is 1.44 bits per heavy atom. The molecule has 98 valence electrons. The maximum atomic E-state index is 11.7. The number of H-pyrrole nitrogens is 1. The van der Waals surface area contributed by atoms with Crippen molar-refractivity contribution in [3.05, 3.63) is 32.6 Å². The van der Waals surface area contributed by atoms with Gasteiger partial charge in [-0.05, 0) is 19.1 Å². The average molecular weight is 267 g/mol. The van der Waals surface area contributed by atoms with Gasteiger partial charge >= 0.3 is 5.69 Å². The minimum Gasteiger partial charge on any atom is -0.298 e. The maximum absolute atomic E-state index is 11.7. The first-order chi connectivity index (χ1) is 8.51. The van der Waals surface area contributed by atoms with E-state index >= 15 is 0 Å². The molecule has 0 aliphatic carbocycles. The van der Waals surface area contributed by atoms with E-state index in [1.54, 1.807) is 17.8 Å². The van der Waals surface area contributed by atoms with E-state index < -0.39 is 11.2 Å². The van der Waals surface area contributed by atoms with Gasteiger partial charge in [-0.1, -0.05) is 13.8 Å². The number of nitriles is 1. The lowest BCUT2D eigenvalue weighted by Gasteiger charge is -2.30. The zero-order valence-electron chi connectivity index (χ0n) is 10.8. The molecule has 0 bridgehead atoms. The molecule has 0 radical (unpaired) electrons. The summed E-state index contributed by atoms with van der Waals surface area (Å²) >= 11 is 1.70. The van der Waals surface area contributed by atoms with Gasteiger partial charge in [0.2, 0.25) is 0 Å². The van der Waals surface area contributed by atoms with Gasteiger partial charge in [-0.15, -0.1) is 0 Å². The highest BCUT2D eigenvalue weighted by molar-refractivity contribution is 8.00. The van der Waals surface area contributed by atoms with Crippen LogP contribution in [0.2, 0.25) is 0 Å². The first kappa shape index (κ1) is 14.6. The Bertz CT molecular complexity index is 556. The molecule has 0 aromatic carbocycles. The molecule has 0 spiro atoms. The first-order valence-electron chi connectivity index (χ1n) is 5.81. The Morgan fingerprint density at radius 3 is 2.50 bits per heavy atom. The summed E-state index contributed by atoms with van der Waals surface area (Å²) in [6, 6.07) is 1.79. The van der Waals surface area contributed by atoms with Gasteiger partial charge in [-0.2, -0.15) is 17.0 Å². The molecule has 5 nitrogen and oxygen atoms in total. The second kappa shape index (κ2) is 5.91. The minimum absolute atomic E-state index is 0.0307. The minimum atomic E-state index is -0.624. The number of aromatic nitrogens is 2. The molecule has 0 atom stereocenters. The van der Waals surface area contributed by atoms with E-state index in [0.29, 0.717) is 6.54 Å². The van der Waals surface area contributed by atoms with E-state index in [-0.39, 0.29) is 10.3 Å². The Labute approximate surface area is 110 Å². The molecular formula is C12H17N3O2S. The SMILES string of the molecule is CCC(CC)(Cn1cc(C#N)c(=O)[nH]c1=O)SC. The Hall–Kier alpha value is -1.48. The molecule has 6 heteroatoms. The van der Waals surface area contributed by atoms with Gasteiger partial charge in [0.25, 0.3) is 5.56 Å². The van der Waals surface area contributed by atoms with Crippen LogP contribution in [0.3, 0.4) is 0 Å². The van der Waals surface area contributed by atoms with Crippen LogP contribution in [0.25, 0.3) is 0 Å². The van der Waals surface area contributed by atoms with Gasteiger partial charge < -0.3 is 0 Å². The van der Waals surface area contributed by atoms with E-state index in [2.05, 4.69) is 18.8 Å². The van der Waals surface area contributed by atoms with E-state index in [4.69, 9.17) is 5.26 Å². The number of nitrogens with one attached hydrogen (secondary N) is 1. The summed E-state index contributed by atoms with van der Waals surface area (Å²) in [7, 11) is 0. The number of nitrogens with zero attached hydrogens (tertiary/aromatic N) is 2. The molecule has 0 fully saturated rings. The van der Waals surface area contributed by atoms with Crippen LogP contribution in [0.4, 0.5) is 0 Å². The summed E-state index contributed by atoms with van der Waals surface area (Å²) in [5.74, 6) is 0. The third-order valence-electron chi connectivity index (χ3n) is 3.31. The van der Waals surface area contributed by atoms with Crippen LogP contribution >= 0.6 is 11.8 Å². The number of hydrogen-bond acceptors (Lipinski definition) is 4. The molecule has 0 unspecified atom stereocenters. The average Bonchev–Trinajstić information content (AvgIpc) is 2.38. The van der Waals surface area contributed by atoms with Crippen LogP contribution < -0.4 is 11.2 Å². The van der Waals surface area contributed by atoms with Gasteiger partial charge in [0.1, 0.15) is 11.6 Å². The number of aromatic amines is 1. The van der Waals surface area contributed by atoms with Crippen LogP contribution in [0.1, 0.15) is 32.3 Å². The molecule has 18 heavy (non-hydrogen) atoms. The molecule has 0 aliphatic rings. The van der Waals surface area contributed by atoms with E-state index in [9.17, 15) is 9.59 Å². The van der Waals surface area contributed by atoms with Crippen LogP contribution in [-0.4, -0.2) is 20.6 Å². The summed E-state index contributed by atoms with van der Waals surface area (Å²) in [4.78, 5) is 25.2. The maximum Gasteiger partial charge on any atom is 0.328 e. The van der Waals surface area contributed by atoms with Crippen molar-refractivity contribution in [2.75, 3.05) is 6.26 Å². The predicted octanol–water partition coefficient (Wildman–Crippen LogP) is 1.33. The van der Waals surface area contributed by atoms with E-state index in [1.807, 2.05) is 6.26 Å². The molecule has 1 heterocycles. The molecular weight excluding hydrogens is 250 g/mol. The van der Waals surface area contributed by atoms with E-state index in [0.717, 1.165) is 12.8 Å². The van der Waals surface area contributed by atoms with Gasteiger partial charge in [0.05, 0.1) is 0 Å². The van der Waals surface area contributed by atoms with Crippen molar-refractivity contribution < 1.29 is 0 Å². The Kier molecular flexibility index (Phi) is 4.79. The van der Waals surface area contributed by atoms with Gasteiger partial charge in [0, 0.05) is 17.5 Å². The van der Waals surface area contributed by atoms with Crippen molar-refractivity contribution in [3.63, 3.8) is 0 Å². The second-order valence-electron chi connectivity index (χ2n) is 4.14. The summed E-state index contributed by atoms with van der Waals surface area (Å²) in [6.07, 6.45) is 5.18. The van der Waals surface area contributed by atoms with Crippen molar-refractivity contribution in [1.82, 2.24) is 9.55 Å². The third-order valence-corrected chi connectivity index (χ3v) is 4.88. The highest BCUT2D eigenvalue weighted by atomic mass is 32.2. The Balaban J connectivity index is 3.23. The highest BCUT2D eigenvalue weighted by Gasteiger charge is 2.26. The fourth-order valence-corrected chi connectivity index (χ4v) is 2.69. The zero-order chi connectivity index (χ0) is 13.8. The lowest BCUT2D eigenvalue weighted by atomic mass is 10.0. The normalized spacial score (nSPS) is 11.2. The molecule has 0 amide bonds. The zero-order valence-corrected chi connectivity index (χ0v) is 11.6. The van der Waals surface area contributed by atoms with Gasteiger partial charge in [0.15, 0.2) is 0 Å². The highest BCUT2D eigenvalue weighted by Crippen LogP contribution is 2.31. The topological polar surface area (TPSA) is 78.7 Å². The quantitative estimate of drug-likeness (QED) is 0.873. The molecule has 1 rings (SSSR count). The van der Waals surface area contributed by atoms with Gasteiger partial charge in [-0.25, -0.2) is 4.79 Å². The largest absolute Gasteiger partial charge is 0.328 e. The summed E-state index contributed by atoms with van der Waals surface area (Å²) in [5.41, 5.74) is -1.11. The Morgan fingerprint density at radius 2 is 2.06 bits per heavy atom. The number of thioether (sulfide) groups is 1. The molecule has 1 aromatic rings. The first-order valence-corrected chi connectivity index (χ1v) is 7.03. The fraction of sp³-hybridized carbons (Fsp3) is 0.583. The van der Waals surface area contributed by atoms with Crippen molar-refractivity contribution in [2.24, 2.45) is 0 Å². The van der Waals surface area contributed by atoms with Crippen molar-refractivity contribution in [2.45, 2.75) is 38.0 Å². The summed E-state index contributed by atoms with van der Waals surface area (Å²) in [5, 5.41) is 8.81. The van der Waals surface area contributed by atoms with Gasteiger partial charge in [-0.3, -0.25) is 14.3 Å². The molecule has 0 saturated heterocycles. The lowest BCUT2D eigenvalue weighted by molar-refractivity contribution is 0.452. The molecule has 1 aromatic heterocycles. The standard InChI is InChI=1S/C12H17N3O2S/c1-4-12(5-2,18-3)8-15-7-9(6-13)10(16)14-11(15)17/h7H,4-5,8H2,1-3H3,(H,14,16,17). The molecule has 0 aliphatic heterocycles. The smallest absolute Gasteiger partial charge is 0.298 e. The van der Waals surface area contributed by atoms with Crippen molar-refractivity contribution in [3.8, 4) is 6.07 Å². The number of hydrogen-bond donors (Lipinski definition) is 1. The van der Waals surface area contributed by atoms with Crippen LogP contribution in [0.5, 0.6) is 0 Å². The van der Waals surface area contributed by atoms with Crippen LogP contribution in [-0.2, 0) is 6.54 Å². The molecule has 1 N–H and O–H groups in total. The summed E-state index contributed by atoms with van der Waals surface area (Å²) < 4.78 is 1.37. The fourth-order valence-electron chi connectivity index (χ4n) is 1.84. The summed E-state index contributed by atoms with van der Waals surface area (Å²) in [6.45, 7) is 4.63. The van der Waals surface area contributed by atoms with Crippen LogP contribution in [0, 0.1) is 11.3 Å². The van der Waals surface area contributed by atoms with Crippen LogP contribution in [0.15, 0.2) is 15.8 Å². The monoisotopic (exact) mass is 267 g/mol. The second-order valence-corrected chi connectivity index (χ2v) is 5.41. The number of rotatable bonds is 5. The predicted molar refractivity (Wildman–Crippen MR) is 72.9 cm³/mol. The van der Waals surface area contributed by atoms with Crippen molar-refractivity contribution in [1.29, 1.82) is 5.26 Å². The lowest BCUT2D eigenvalue weighted by Crippen LogP contribution is -2.38.